The Kier molecular flexibility index (Phi) is 6.84. The van der Waals surface area contributed by atoms with Crippen LogP contribution in [0, 0.1) is 17.8 Å². The van der Waals surface area contributed by atoms with Crippen LogP contribution in [0.4, 0.5) is 5.69 Å². The SMILES string of the molecule is CCOc1cc(C2C3=CCC4C(=O)N(c5cccc(B(O)O)c5)C(=O)C4C3CC3=C2C(=O)C=C(Br)C3=O)ccc1O. The Morgan fingerprint density at radius 3 is 2.56 bits per heavy atom. The Morgan fingerprint density at radius 1 is 1.05 bits per heavy atom. The highest BCUT2D eigenvalue weighted by Gasteiger charge is 2.56. The molecule has 0 aromatic heterocycles. The van der Waals surface area contributed by atoms with Crippen LogP contribution in [-0.4, -0.2) is 52.3 Å². The van der Waals surface area contributed by atoms with Crippen LogP contribution in [0.1, 0.15) is 31.2 Å². The number of halogens is 1. The molecule has 4 unspecified atom stereocenters. The second-order valence-corrected chi connectivity index (χ2v) is 11.4. The number of carbonyl (C=O) groups excluding carboxylic acids is 4. The molecule has 1 saturated heterocycles. The quantitative estimate of drug-likeness (QED) is 0.201. The van der Waals surface area contributed by atoms with Gasteiger partial charge in [-0.15, -0.1) is 0 Å². The number of imide groups is 1. The van der Waals surface area contributed by atoms with E-state index in [1.165, 1.54) is 24.3 Å². The van der Waals surface area contributed by atoms with Crippen LogP contribution in [0.2, 0.25) is 0 Å². The minimum atomic E-state index is -1.77. The first kappa shape index (κ1) is 27.4. The fourth-order valence-corrected chi connectivity index (χ4v) is 7.09. The van der Waals surface area contributed by atoms with Crippen LogP contribution in [0.15, 0.2) is 75.8 Å². The second kappa shape index (κ2) is 10.2. The molecule has 1 aliphatic heterocycles. The molecule has 1 fully saturated rings. The number of anilines is 1. The molecule has 3 aliphatic carbocycles. The van der Waals surface area contributed by atoms with Gasteiger partial charge in [0.25, 0.3) is 0 Å². The smallest absolute Gasteiger partial charge is 0.488 e. The first-order valence-corrected chi connectivity index (χ1v) is 14.1. The Morgan fingerprint density at radius 2 is 1.83 bits per heavy atom. The highest BCUT2D eigenvalue weighted by Crippen LogP contribution is 2.56. The number of benzene rings is 2. The van der Waals surface area contributed by atoms with Gasteiger partial charge in [-0.3, -0.25) is 24.1 Å². The van der Waals surface area contributed by atoms with Crippen molar-refractivity contribution >= 4 is 57.6 Å². The molecule has 41 heavy (non-hydrogen) atoms. The van der Waals surface area contributed by atoms with Gasteiger partial charge in [0.1, 0.15) is 0 Å². The number of ether oxygens (including phenoxy) is 1. The van der Waals surface area contributed by atoms with E-state index in [1.807, 2.05) is 6.08 Å². The van der Waals surface area contributed by atoms with E-state index in [1.54, 1.807) is 31.2 Å². The van der Waals surface area contributed by atoms with Crippen molar-refractivity contribution in [2.45, 2.75) is 25.7 Å². The lowest BCUT2D eigenvalue weighted by Gasteiger charge is -2.42. The molecule has 4 aliphatic rings. The van der Waals surface area contributed by atoms with Crippen LogP contribution < -0.4 is 15.1 Å². The molecule has 0 spiro atoms. The monoisotopic (exact) mass is 617 g/mol. The largest absolute Gasteiger partial charge is 0.504 e. The number of carbonyl (C=O) groups is 4. The molecule has 6 rings (SSSR count). The van der Waals surface area contributed by atoms with Crippen molar-refractivity contribution in [3.63, 3.8) is 0 Å². The normalized spacial score (nSPS) is 25.4. The molecular formula is C30H25BBrNO8. The standard InChI is InChI=1S/C30H25BBrNO8/c1-2-41-24-10-14(6-9-22(24)34)25-17-7-8-18-26(19(17)12-20-27(25)23(35)13-21(32)28(20)36)30(38)33(29(18)37)16-5-3-4-15(11-16)31(39)40/h3-7,9-11,13,18-19,25-26,34,39-40H,2,8,12H2,1H3. The predicted molar refractivity (Wildman–Crippen MR) is 153 cm³/mol. The van der Waals surface area contributed by atoms with E-state index in [0.29, 0.717) is 23.3 Å². The minimum absolute atomic E-state index is 0.0639. The lowest BCUT2D eigenvalue weighted by molar-refractivity contribution is -0.123. The van der Waals surface area contributed by atoms with E-state index < -0.39 is 42.6 Å². The van der Waals surface area contributed by atoms with E-state index in [2.05, 4.69) is 15.9 Å². The molecule has 3 N–H and O–H groups in total. The molecule has 11 heteroatoms. The fraction of sp³-hybridized carbons (Fsp3) is 0.267. The van der Waals surface area contributed by atoms with Gasteiger partial charge in [-0.05, 0) is 76.9 Å². The van der Waals surface area contributed by atoms with Crippen LogP contribution in [0.5, 0.6) is 11.5 Å². The number of Topliss-reactive ketones (excluding diaryl/α,β-unsaturated/α-hetero) is 1. The second-order valence-electron chi connectivity index (χ2n) is 10.5. The van der Waals surface area contributed by atoms with Crippen molar-refractivity contribution in [2.75, 3.05) is 11.5 Å². The van der Waals surface area contributed by atoms with Crippen molar-refractivity contribution in [1.82, 2.24) is 0 Å². The van der Waals surface area contributed by atoms with E-state index in [4.69, 9.17) is 4.74 Å². The zero-order valence-electron chi connectivity index (χ0n) is 21.9. The van der Waals surface area contributed by atoms with Gasteiger partial charge in [-0.25, -0.2) is 0 Å². The number of hydrogen-bond acceptors (Lipinski definition) is 8. The molecule has 4 atom stereocenters. The number of aromatic hydroxyl groups is 1. The zero-order chi connectivity index (χ0) is 29.2. The summed E-state index contributed by atoms with van der Waals surface area (Å²) >= 11 is 3.22. The van der Waals surface area contributed by atoms with Gasteiger partial charge in [-0.2, -0.15) is 0 Å². The average Bonchev–Trinajstić information content (AvgIpc) is 3.21. The maximum atomic E-state index is 14.0. The summed E-state index contributed by atoms with van der Waals surface area (Å²) in [5.41, 5.74) is 2.40. The highest BCUT2D eigenvalue weighted by molar-refractivity contribution is 9.12. The number of phenols is 1. The van der Waals surface area contributed by atoms with Gasteiger partial charge in [0.2, 0.25) is 11.8 Å². The number of hydrogen-bond donors (Lipinski definition) is 3. The summed E-state index contributed by atoms with van der Waals surface area (Å²) in [6.07, 6.45) is 3.54. The first-order valence-electron chi connectivity index (χ1n) is 13.3. The van der Waals surface area contributed by atoms with Crippen molar-refractivity contribution in [2.24, 2.45) is 17.8 Å². The fourth-order valence-electron chi connectivity index (χ4n) is 6.65. The number of ketones is 2. The third kappa shape index (κ3) is 4.30. The maximum Gasteiger partial charge on any atom is 0.488 e. The van der Waals surface area contributed by atoms with E-state index in [9.17, 15) is 34.3 Å². The maximum absolute atomic E-state index is 14.0. The number of allylic oxidation sites excluding steroid dienone is 6. The summed E-state index contributed by atoms with van der Waals surface area (Å²) < 4.78 is 5.73. The van der Waals surface area contributed by atoms with Gasteiger partial charge < -0.3 is 19.9 Å². The van der Waals surface area contributed by atoms with Crippen LogP contribution in [0.25, 0.3) is 0 Å². The van der Waals surface area contributed by atoms with Gasteiger partial charge in [0.05, 0.1) is 28.6 Å². The minimum Gasteiger partial charge on any atom is -0.504 e. The average molecular weight is 618 g/mol. The summed E-state index contributed by atoms with van der Waals surface area (Å²) in [5, 5.41) is 29.6. The summed E-state index contributed by atoms with van der Waals surface area (Å²) in [6.45, 7) is 2.09. The molecule has 1 heterocycles. The van der Waals surface area contributed by atoms with Crippen molar-refractivity contribution in [1.29, 1.82) is 0 Å². The van der Waals surface area contributed by atoms with Gasteiger partial charge in [0.15, 0.2) is 23.1 Å². The van der Waals surface area contributed by atoms with Crippen molar-refractivity contribution < 1.29 is 39.1 Å². The summed E-state index contributed by atoms with van der Waals surface area (Å²) in [4.78, 5) is 55.5. The Labute approximate surface area is 244 Å². The predicted octanol–water partition coefficient (Wildman–Crippen LogP) is 2.44. The topological polar surface area (TPSA) is 141 Å². The lowest BCUT2D eigenvalue weighted by atomic mass is 9.59. The van der Waals surface area contributed by atoms with Gasteiger partial charge in [-0.1, -0.05) is 29.8 Å². The van der Waals surface area contributed by atoms with Crippen LogP contribution in [0.3, 0.4) is 0 Å². The number of amides is 2. The first-order chi connectivity index (χ1) is 19.6. The van der Waals surface area contributed by atoms with E-state index in [0.717, 1.165) is 10.5 Å². The number of fused-ring (bicyclic) bond motifs is 3. The molecular weight excluding hydrogens is 593 g/mol. The van der Waals surface area contributed by atoms with Crippen molar-refractivity contribution in [3.8, 4) is 11.5 Å². The molecule has 208 valence electrons. The third-order valence-corrected chi connectivity index (χ3v) is 8.96. The van der Waals surface area contributed by atoms with Gasteiger partial charge >= 0.3 is 7.12 Å². The zero-order valence-corrected chi connectivity index (χ0v) is 23.5. The molecule has 2 aromatic carbocycles. The van der Waals surface area contributed by atoms with Crippen LogP contribution >= 0.6 is 15.9 Å². The summed E-state index contributed by atoms with van der Waals surface area (Å²) in [7, 11) is -1.77. The van der Waals surface area contributed by atoms with Crippen molar-refractivity contribution in [3.05, 3.63) is 81.4 Å². The number of rotatable bonds is 5. The van der Waals surface area contributed by atoms with Crippen LogP contribution in [-0.2, 0) is 19.2 Å². The molecule has 2 aromatic rings. The Hall–Kier alpha value is -3.80. The molecule has 0 radical (unpaired) electrons. The number of nitrogens with zero attached hydrogens (tertiary/aromatic N) is 1. The Bertz CT molecular complexity index is 1630. The summed E-state index contributed by atoms with van der Waals surface area (Å²) in [5.74, 6) is -3.99. The number of phenolic OH excluding ortho intramolecular Hbond substituents is 1. The van der Waals surface area contributed by atoms with E-state index in [-0.39, 0.29) is 51.5 Å². The third-order valence-electron chi connectivity index (χ3n) is 8.37. The molecule has 2 amide bonds. The molecule has 0 saturated carbocycles. The highest BCUT2D eigenvalue weighted by atomic mass is 79.9. The van der Waals surface area contributed by atoms with E-state index >= 15 is 0 Å². The molecule has 9 nitrogen and oxygen atoms in total. The summed E-state index contributed by atoms with van der Waals surface area (Å²) in [6, 6.07) is 10.8. The lowest BCUT2D eigenvalue weighted by Crippen LogP contribution is -2.39. The Balaban J connectivity index is 1.47. The van der Waals surface area contributed by atoms with Gasteiger partial charge in [0, 0.05) is 23.1 Å². The molecule has 0 bridgehead atoms.